The van der Waals surface area contributed by atoms with Crippen LogP contribution in [0, 0.1) is 0 Å². The van der Waals surface area contributed by atoms with Gasteiger partial charge in [-0.15, -0.1) is 11.3 Å². The summed E-state index contributed by atoms with van der Waals surface area (Å²) in [6.45, 7) is 2.57. The molecule has 3 rings (SSSR count). The number of hydrogen-bond acceptors (Lipinski definition) is 3. The molecule has 19 heavy (non-hydrogen) atoms. The number of benzene rings is 1. The monoisotopic (exact) mass is 357 g/mol. The second-order valence-corrected chi connectivity index (χ2v) is 9.11. The number of thiophene rings is 1. The van der Waals surface area contributed by atoms with Crippen molar-refractivity contribution in [2.24, 2.45) is 0 Å². The van der Waals surface area contributed by atoms with Crippen LogP contribution >= 0.6 is 27.3 Å². The second kappa shape index (κ2) is 4.61. The first-order chi connectivity index (χ1) is 9.00. The fourth-order valence-electron chi connectivity index (χ4n) is 2.35. The van der Waals surface area contributed by atoms with E-state index in [-0.39, 0.29) is 5.92 Å². The Balaban J connectivity index is 2.09. The molecule has 1 atom stereocenters. The van der Waals surface area contributed by atoms with Gasteiger partial charge in [0.05, 0.1) is 9.47 Å². The summed E-state index contributed by atoms with van der Waals surface area (Å²) < 4.78 is 28.1. The van der Waals surface area contributed by atoms with Crippen LogP contribution in [0.5, 0.6) is 0 Å². The van der Waals surface area contributed by atoms with Gasteiger partial charge < -0.3 is 0 Å². The molecule has 1 aromatic heterocycles. The molecule has 6 heteroatoms. The van der Waals surface area contributed by atoms with Gasteiger partial charge in [-0.25, -0.2) is 8.42 Å². The Morgan fingerprint density at radius 1 is 1.26 bits per heavy atom. The van der Waals surface area contributed by atoms with Gasteiger partial charge in [0, 0.05) is 12.5 Å². The quantitative estimate of drug-likeness (QED) is 0.818. The van der Waals surface area contributed by atoms with Crippen LogP contribution in [-0.4, -0.2) is 15.0 Å². The topological polar surface area (TPSA) is 37.4 Å². The maximum Gasteiger partial charge on any atom is 0.273 e. The van der Waals surface area contributed by atoms with Crippen molar-refractivity contribution >= 4 is 43.0 Å². The van der Waals surface area contributed by atoms with E-state index in [2.05, 4.69) is 22.9 Å². The van der Waals surface area contributed by atoms with Gasteiger partial charge in [0.1, 0.15) is 4.21 Å². The highest BCUT2D eigenvalue weighted by molar-refractivity contribution is 9.11. The van der Waals surface area contributed by atoms with Crippen LogP contribution in [0.2, 0.25) is 0 Å². The van der Waals surface area contributed by atoms with Crippen molar-refractivity contribution in [3.8, 4) is 0 Å². The number of nitrogens with zero attached hydrogens (tertiary/aromatic N) is 1. The molecular formula is C13H12BrNO2S2. The molecule has 1 aliphatic heterocycles. The van der Waals surface area contributed by atoms with E-state index >= 15 is 0 Å². The largest absolute Gasteiger partial charge is 0.273 e. The molecule has 0 aliphatic carbocycles. The van der Waals surface area contributed by atoms with Gasteiger partial charge in [0.15, 0.2) is 0 Å². The molecule has 2 heterocycles. The molecule has 3 nitrogen and oxygen atoms in total. The number of para-hydroxylation sites is 1. The van der Waals surface area contributed by atoms with Crippen molar-refractivity contribution in [3.63, 3.8) is 0 Å². The third kappa shape index (κ3) is 2.11. The van der Waals surface area contributed by atoms with E-state index in [1.165, 1.54) is 15.6 Å². The zero-order valence-corrected chi connectivity index (χ0v) is 13.4. The molecule has 1 aromatic carbocycles. The average molecular weight is 358 g/mol. The lowest BCUT2D eigenvalue weighted by Crippen LogP contribution is -2.29. The zero-order valence-electron chi connectivity index (χ0n) is 10.2. The van der Waals surface area contributed by atoms with Crippen molar-refractivity contribution in [3.05, 3.63) is 45.7 Å². The SMILES string of the molecule is CC1CN(S(=O)(=O)c2ccc(Br)s2)c2ccccc21. The summed E-state index contributed by atoms with van der Waals surface area (Å²) in [5, 5.41) is 0. The summed E-state index contributed by atoms with van der Waals surface area (Å²) in [4.78, 5) is 0. The summed E-state index contributed by atoms with van der Waals surface area (Å²) in [5.41, 5.74) is 1.90. The van der Waals surface area contributed by atoms with Crippen molar-refractivity contribution in [2.75, 3.05) is 10.8 Å². The molecule has 0 N–H and O–H groups in total. The lowest BCUT2D eigenvalue weighted by atomic mass is 10.0. The summed E-state index contributed by atoms with van der Waals surface area (Å²) in [7, 11) is -3.44. The van der Waals surface area contributed by atoms with Gasteiger partial charge in [-0.2, -0.15) is 0 Å². The Labute approximate surface area is 125 Å². The van der Waals surface area contributed by atoms with Gasteiger partial charge in [0.2, 0.25) is 0 Å². The van der Waals surface area contributed by atoms with Crippen LogP contribution in [-0.2, 0) is 10.0 Å². The zero-order chi connectivity index (χ0) is 13.6. The van der Waals surface area contributed by atoms with Crippen molar-refractivity contribution in [1.82, 2.24) is 0 Å². The molecule has 1 aliphatic rings. The minimum atomic E-state index is -3.44. The van der Waals surface area contributed by atoms with Crippen LogP contribution in [0.15, 0.2) is 44.4 Å². The molecule has 0 amide bonds. The maximum atomic E-state index is 12.7. The van der Waals surface area contributed by atoms with E-state index in [0.29, 0.717) is 10.8 Å². The summed E-state index contributed by atoms with van der Waals surface area (Å²) in [5.74, 6) is 0.231. The van der Waals surface area contributed by atoms with E-state index in [1.54, 1.807) is 12.1 Å². The Bertz CT molecular complexity index is 724. The first-order valence-electron chi connectivity index (χ1n) is 5.87. The summed E-state index contributed by atoms with van der Waals surface area (Å²) in [6, 6.07) is 11.1. The van der Waals surface area contributed by atoms with E-state index in [9.17, 15) is 8.42 Å². The van der Waals surface area contributed by atoms with Crippen molar-refractivity contribution in [1.29, 1.82) is 0 Å². The predicted octanol–water partition coefficient (Wildman–Crippen LogP) is 3.82. The van der Waals surface area contributed by atoms with E-state index in [1.807, 2.05) is 24.3 Å². The molecule has 0 saturated heterocycles. The van der Waals surface area contributed by atoms with Gasteiger partial charge in [-0.1, -0.05) is 25.1 Å². The predicted molar refractivity (Wildman–Crippen MR) is 81.4 cm³/mol. The minimum absolute atomic E-state index is 0.231. The smallest absolute Gasteiger partial charge is 0.265 e. The molecule has 2 aromatic rings. The van der Waals surface area contributed by atoms with Gasteiger partial charge in [-0.05, 0) is 39.7 Å². The van der Waals surface area contributed by atoms with Crippen molar-refractivity contribution < 1.29 is 8.42 Å². The Morgan fingerprint density at radius 2 is 2.00 bits per heavy atom. The fourth-order valence-corrected chi connectivity index (χ4v) is 6.05. The average Bonchev–Trinajstić information content (AvgIpc) is 2.95. The third-order valence-electron chi connectivity index (χ3n) is 3.27. The Kier molecular flexibility index (Phi) is 3.19. The van der Waals surface area contributed by atoms with Crippen LogP contribution in [0.1, 0.15) is 18.4 Å². The van der Waals surface area contributed by atoms with Crippen LogP contribution < -0.4 is 4.31 Å². The van der Waals surface area contributed by atoms with Gasteiger partial charge >= 0.3 is 0 Å². The lowest BCUT2D eigenvalue weighted by Gasteiger charge is -2.18. The Hall–Kier alpha value is -0.850. The first kappa shape index (κ1) is 13.1. The Morgan fingerprint density at radius 3 is 2.68 bits per heavy atom. The molecular weight excluding hydrogens is 346 g/mol. The van der Waals surface area contributed by atoms with Gasteiger partial charge in [0.25, 0.3) is 10.0 Å². The number of rotatable bonds is 2. The standard InChI is InChI=1S/C13H12BrNO2S2/c1-9-8-15(11-5-3-2-4-10(9)11)19(16,17)13-7-6-12(14)18-13/h2-7,9H,8H2,1H3. The minimum Gasteiger partial charge on any atom is -0.265 e. The molecule has 0 saturated carbocycles. The van der Waals surface area contributed by atoms with Crippen LogP contribution in [0.3, 0.4) is 0 Å². The molecule has 0 spiro atoms. The number of halogens is 1. The summed E-state index contributed by atoms with van der Waals surface area (Å²) >= 11 is 4.56. The third-order valence-corrected chi connectivity index (χ3v) is 7.14. The molecule has 0 bridgehead atoms. The second-order valence-electron chi connectivity index (χ2n) is 4.55. The first-order valence-corrected chi connectivity index (χ1v) is 8.92. The molecule has 0 fully saturated rings. The normalized spacial score (nSPS) is 18.6. The number of anilines is 1. The van der Waals surface area contributed by atoms with E-state index in [0.717, 1.165) is 15.0 Å². The fraction of sp³-hybridized carbons (Fsp3) is 0.231. The van der Waals surface area contributed by atoms with E-state index in [4.69, 9.17) is 0 Å². The number of fused-ring (bicyclic) bond motifs is 1. The van der Waals surface area contributed by atoms with Crippen LogP contribution in [0.25, 0.3) is 0 Å². The van der Waals surface area contributed by atoms with E-state index < -0.39 is 10.0 Å². The highest BCUT2D eigenvalue weighted by atomic mass is 79.9. The van der Waals surface area contributed by atoms with Gasteiger partial charge in [-0.3, -0.25) is 4.31 Å². The highest BCUT2D eigenvalue weighted by Crippen LogP contribution is 2.40. The highest BCUT2D eigenvalue weighted by Gasteiger charge is 2.35. The summed E-state index contributed by atoms with van der Waals surface area (Å²) in [6.07, 6.45) is 0. The maximum absolute atomic E-state index is 12.7. The molecule has 1 unspecified atom stereocenters. The number of hydrogen-bond donors (Lipinski definition) is 0. The number of sulfonamides is 1. The lowest BCUT2D eigenvalue weighted by molar-refractivity contribution is 0.592. The van der Waals surface area contributed by atoms with Crippen molar-refractivity contribution in [2.45, 2.75) is 17.1 Å². The van der Waals surface area contributed by atoms with Crippen LogP contribution in [0.4, 0.5) is 5.69 Å². The molecule has 100 valence electrons. The molecule has 0 radical (unpaired) electrons.